The molecule has 8 heteroatoms. The van der Waals surface area contributed by atoms with E-state index in [1.807, 2.05) is 0 Å². The van der Waals surface area contributed by atoms with Crippen molar-refractivity contribution in [3.63, 3.8) is 0 Å². The third-order valence-electron chi connectivity index (χ3n) is 3.66. The Bertz CT molecular complexity index is 555. The van der Waals surface area contributed by atoms with Gasteiger partial charge in [0.15, 0.2) is 5.78 Å². The van der Waals surface area contributed by atoms with E-state index in [0.717, 1.165) is 0 Å². The fourth-order valence-electron chi connectivity index (χ4n) is 2.75. The molecule has 8 nitrogen and oxygen atoms in total. The van der Waals surface area contributed by atoms with E-state index in [9.17, 15) is 19.2 Å². The monoisotopic (exact) mass is 341 g/mol. The van der Waals surface area contributed by atoms with Crippen LogP contribution in [0.2, 0.25) is 0 Å². The molecule has 0 bridgehead atoms. The fraction of sp³-hybridized carbons (Fsp3) is 0.750. The zero-order chi connectivity index (χ0) is 18.3. The molecule has 1 amide bonds. The van der Waals surface area contributed by atoms with Gasteiger partial charge in [-0.05, 0) is 33.6 Å². The maximum Gasteiger partial charge on any atom is 0.410 e. The van der Waals surface area contributed by atoms with Crippen LogP contribution in [-0.4, -0.2) is 52.7 Å². The maximum atomic E-state index is 12.7. The van der Waals surface area contributed by atoms with E-state index in [-0.39, 0.29) is 0 Å². The second-order valence-electron chi connectivity index (χ2n) is 7.41. The molecule has 1 atom stereocenters. The van der Waals surface area contributed by atoms with Crippen molar-refractivity contribution < 1.29 is 33.4 Å². The third kappa shape index (κ3) is 3.85. The quantitative estimate of drug-likeness (QED) is 0.553. The number of ketones is 1. The summed E-state index contributed by atoms with van der Waals surface area (Å²) in [5, 5.41) is 0. The highest BCUT2D eigenvalue weighted by Gasteiger charge is 2.51. The minimum absolute atomic E-state index is 0.327. The Morgan fingerprint density at radius 2 is 1.71 bits per heavy atom. The number of likely N-dealkylation sites (tertiary alicyclic amines) is 1. The molecule has 0 spiro atoms. The van der Waals surface area contributed by atoms with Crippen LogP contribution < -0.4 is 0 Å². The van der Waals surface area contributed by atoms with Crippen LogP contribution in [0.5, 0.6) is 0 Å². The highest BCUT2D eigenvalue weighted by molar-refractivity contribution is 6.17. The molecule has 2 heterocycles. The van der Waals surface area contributed by atoms with Crippen molar-refractivity contribution in [2.24, 2.45) is 5.92 Å². The van der Waals surface area contributed by atoms with Crippen LogP contribution in [0, 0.1) is 5.92 Å². The average Bonchev–Trinajstić information content (AvgIpc) is 2.82. The summed E-state index contributed by atoms with van der Waals surface area (Å²) in [5.74, 6) is -5.64. The van der Waals surface area contributed by atoms with Gasteiger partial charge in [-0.3, -0.25) is 19.3 Å². The lowest BCUT2D eigenvalue weighted by molar-refractivity contribution is -0.238. The molecule has 0 N–H and O–H groups in total. The number of ether oxygens (including phenoxy) is 3. The van der Waals surface area contributed by atoms with Gasteiger partial charge in [-0.25, -0.2) is 4.79 Å². The van der Waals surface area contributed by atoms with Crippen LogP contribution in [0.4, 0.5) is 4.79 Å². The number of Topliss-reactive ketones (excluding diaryl/α,β-unsaturated/α-hetero) is 1. The van der Waals surface area contributed by atoms with Gasteiger partial charge < -0.3 is 14.2 Å². The van der Waals surface area contributed by atoms with Crippen molar-refractivity contribution in [3.05, 3.63) is 0 Å². The minimum Gasteiger partial charge on any atom is -0.444 e. The predicted molar refractivity (Wildman–Crippen MR) is 80.7 cm³/mol. The van der Waals surface area contributed by atoms with Gasteiger partial charge in [0.05, 0.1) is 6.04 Å². The van der Waals surface area contributed by atoms with Crippen molar-refractivity contribution in [3.8, 4) is 0 Å². The summed E-state index contributed by atoms with van der Waals surface area (Å²) in [6.07, 6.45) is 0.299. The third-order valence-corrected chi connectivity index (χ3v) is 3.66. The molecule has 134 valence electrons. The molecule has 0 aromatic heterocycles. The minimum atomic E-state index is -1.66. The topological polar surface area (TPSA) is 99.2 Å². The SMILES string of the molecule is CC(C)(C)OC(=O)N1CCCC1C(=O)C1C(=O)OC(C)(C)OC1=O. The lowest BCUT2D eigenvalue weighted by Crippen LogP contribution is -2.54. The molecule has 2 rings (SSSR count). The maximum absolute atomic E-state index is 12.7. The number of amides is 1. The number of nitrogens with zero attached hydrogens (tertiary/aromatic N) is 1. The van der Waals surface area contributed by atoms with Gasteiger partial charge in [0.25, 0.3) is 5.79 Å². The lowest BCUT2D eigenvalue weighted by atomic mass is 9.95. The average molecular weight is 341 g/mol. The fourth-order valence-corrected chi connectivity index (χ4v) is 2.75. The summed E-state index contributed by atoms with van der Waals surface area (Å²) in [5.41, 5.74) is -0.708. The van der Waals surface area contributed by atoms with Crippen molar-refractivity contribution in [1.29, 1.82) is 0 Å². The van der Waals surface area contributed by atoms with Gasteiger partial charge in [-0.2, -0.15) is 0 Å². The Hall–Kier alpha value is -2.12. The first-order chi connectivity index (χ1) is 10.9. The zero-order valence-corrected chi connectivity index (χ0v) is 14.6. The molecule has 2 aliphatic heterocycles. The standard InChI is InChI=1S/C16H23NO7/c1-15(2,3)24-14(21)17-8-6-7-9(17)11(18)10-12(19)22-16(4,5)23-13(10)20/h9-10H,6-8H2,1-5H3. The first-order valence-electron chi connectivity index (χ1n) is 7.90. The summed E-state index contributed by atoms with van der Waals surface area (Å²) < 4.78 is 15.2. The Morgan fingerprint density at radius 1 is 1.17 bits per heavy atom. The molecule has 2 saturated heterocycles. The van der Waals surface area contributed by atoms with Crippen LogP contribution in [0.1, 0.15) is 47.5 Å². The van der Waals surface area contributed by atoms with Gasteiger partial charge in [0, 0.05) is 20.4 Å². The number of rotatable bonds is 2. The van der Waals surface area contributed by atoms with Gasteiger partial charge in [0.1, 0.15) is 5.60 Å². The molecule has 24 heavy (non-hydrogen) atoms. The Morgan fingerprint density at radius 3 is 2.21 bits per heavy atom. The van der Waals surface area contributed by atoms with E-state index in [1.54, 1.807) is 20.8 Å². The van der Waals surface area contributed by atoms with Gasteiger partial charge in [-0.15, -0.1) is 0 Å². The normalized spacial score (nSPS) is 24.4. The molecular weight excluding hydrogens is 318 g/mol. The zero-order valence-electron chi connectivity index (χ0n) is 14.6. The van der Waals surface area contributed by atoms with E-state index in [0.29, 0.717) is 19.4 Å². The number of carbonyl (C=O) groups is 4. The number of hydrogen-bond acceptors (Lipinski definition) is 7. The van der Waals surface area contributed by atoms with E-state index in [1.165, 1.54) is 18.7 Å². The number of cyclic esters (lactones) is 2. The second-order valence-corrected chi connectivity index (χ2v) is 7.41. The Kier molecular flexibility index (Phi) is 4.61. The summed E-state index contributed by atoms with van der Waals surface area (Å²) in [6.45, 7) is 8.30. The summed E-state index contributed by atoms with van der Waals surface area (Å²) in [4.78, 5) is 50.3. The van der Waals surface area contributed by atoms with Crippen LogP contribution in [0.15, 0.2) is 0 Å². The van der Waals surface area contributed by atoms with Crippen molar-refractivity contribution in [2.75, 3.05) is 6.54 Å². The highest BCUT2D eigenvalue weighted by atomic mass is 16.7. The smallest absolute Gasteiger partial charge is 0.410 e. The second kappa shape index (κ2) is 6.07. The molecule has 0 aromatic carbocycles. The predicted octanol–water partition coefficient (Wildman–Crippen LogP) is 1.41. The van der Waals surface area contributed by atoms with E-state index >= 15 is 0 Å². The van der Waals surface area contributed by atoms with E-state index < -0.39 is 47.2 Å². The van der Waals surface area contributed by atoms with Crippen LogP contribution in [-0.2, 0) is 28.6 Å². The summed E-state index contributed by atoms with van der Waals surface area (Å²) in [7, 11) is 0. The molecule has 2 aliphatic rings. The molecule has 0 aliphatic carbocycles. The number of esters is 2. The molecule has 0 saturated carbocycles. The number of hydrogen-bond donors (Lipinski definition) is 0. The summed E-state index contributed by atoms with van der Waals surface area (Å²) >= 11 is 0. The van der Waals surface area contributed by atoms with Gasteiger partial charge in [0.2, 0.25) is 5.92 Å². The first kappa shape index (κ1) is 18.2. The van der Waals surface area contributed by atoms with Gasteiger partial charge in [-0.1, -0.05) is 0 Å². The summed E-state index contributed by atoms with van der Waals surface area (Å²) in [6, 6.07) is -0.897. The molecule has 1 unspecified atom stereocenters. The lowest BCUT2D eigenvalue weighted by Gasteiger charge is -2.34. The highest BCUT2D eigenvalue weighted by Crippen LogP contribution is 2.29. The van der Waals surface area contributed by atoms with E-state index in [4.69, 9.17) is 14.2 Å². The van der Waals surface area contributed by atoms with Crippen LogP contribution in [0.25, 0.3) is 0 Å². The largest absolute Gasteiger partial charge is 0.444 e. The molecule has 0 radical (unpaired) electrons. The molecule has 0 aromatic rings. The Balaban J connectivity index is 2.15. The first-order valence-corrected chi connectivity index (χ1v) is 7.90. The molecular formula is C16H23NO7. The van der Waals surface area contributed by atoms with Crippen LogP contribution >= 0.6 is 0 Å². The van der Waals surface area contributed by atoms with Crippen molar-refractivity contribution >= 4 is 23.8 Å². The number of carbonyl (C=O) groups excluding carboxylic acids is 4. The van der Waals surface area contributed by atoms with Crippen molar-refractivity contribution in [2.45, 2.75) is 64.9 Å². The van der Waals surface area contributed by atoms with Crippen molar-refractivity contribution in [1.82, 2.24) is 4.90 Å². The van der Waals surface area contributed by atoms with Crippen LogP contribution in [0.3, 0.4) is 0 Å². The van der Waals surface area contributed by atoms with E-state index in [2.05, 4.69) is 0 Å². The molecule has 2 fully saturated rings. The Labute approximate surface area is 140 Å². The van der Waals surface area contributed by atoms with Gasteiger partial charge >= 0.3 is 18.0 Å².